The Hall–Kier alpha value is -0.540. The molecule has 1 N–H and O–H groups in total. The second kappa shape index (κ2) is 4.54. The molecular formula is C11H18ClN3. The summed E-state index contributed by atoms with van der Waals surface area (Å²) in [7, 11) is 1.88. The van der Waals surface area contributed by atoms with E-state index in [-0.39, 0.29) is 0 Å². The van der Waals surface area contributed by atoms with Gasteiger partial charge in [0.2, 0.25) is 0 Å². The minimum atomic E-state index is 0.758. The Bertz CT molecular complexity index is 342. The Morgan fingerprint density at radius 2 is 2.27 bits per heavy atom. The molecule has 1 fully saturated rings. The van der Waals surface area contributed by atoms with E-state index in [0.29, 0.717) is 0 Å². The molecule has 0 radical (unpaired) electrons. The van der Waals surface area contributed by atoms with E-state index >= 15 is 0 Å². The fourth-order valence-electron chi connectivity index (χ4n) is 1.97. The number of nitrogens with one attached hydrogen (secondary N) is 1. The van der Waals surface area contributed by atoms with Crippen LogP contribution >= 0.6 is 11.6 Å². The lowest BCUT2D eigenvalue weighted by Crippen LogP contribution is -2.27. The highest BCUT2D eigenvalue weighted by Crippen LogP contribution is 2.25. The number of halogens is 1. The molecule has 1 saturated carbocycles. The van der Waals surface area contributed by atoms with Crippen molar-refractivity contribution < 1.29 is 0 Å². The summed E-state index contributed by atoms with van der Waals surface area (Å²) in [6, 6.07) is 0. The second-order valence-electron chi connectivity index (χ2n) is 4.41. The van der Waals surface area contributed by atoms with Gasteiger partial charge in [-0.15, -0.1) is 0 Å². The van der Waals surface area contributed by atoms with E-state index in [9.17, 15) is 0 Å². The van der Waals surface area contributed by atoms with Crippen molar-refractivity contribution in [1.82, 2.24) is 15.1 Å². The van der Waals surface area contributed by atoms with Crippen LogP contribution in [0.4, 0.5) is 0 Å². The van der Waals surface area contributed by atoms with Crippen LogP contribution in [0, 0.1) is 12.8 Å². The van der Waals surface area contributed by atoms with E-state index < -0.39 is 0 Å². The van der Waals surface area contributed by atoms with E-state index in [1.807, 2.05) is 14.0 Å². The zero-order valence-corrected chi connectivity index (χ0v) is 10.1. The Labute approximate surface area is 95.8 Å². The van der Waals surface area contributed by atoms with Gasteiger partial charge in [-0.2, -0.15) is 5.10 Å². The van der Waals surface area contributed by atoms with Gasteiger partial charge in [-0.1, -0.05) is 18.0 Å². The Morgan fingerprint density at radius 3 is 2.73 bits per heavy atom. The van der Waals surface area contributed by atoms with Crippen molar-refractivity contribution in [1.29, 1.82) is 0 Å². The van der Waals surface area contributed by atoms with Crippen LogP contribution in [0.25, 0.3) is 0 Å². The van der Waals surface area contributed by atoms with Crippen LogP contribution in [0.15, 0.2) is 0 Å². The Balaban J connectivity index is 1.86. The van der Waals surface area contributed by atoms with Crippen LogP contribution in [-0.2, 0) is 13.6 Å². The zero-order chi connectivity index (χ0) is 10.8. The third-order valence-electron chi connectivity index (χ3n) is 3.23. The van der Waals surface area contributed by atoms with Crippen molar-refractivity contribution >= 4 is 11.6 Å². The first-order valence-electron chi connectivity index (χ1n) is 5.57. The summed E-state index contributed by atoms with van der Waals surface area (Å²) < 4.78 is 1.73. The normalized spacial score (nSPS) is 16.7. The first kappa shape index (κ1) is 11.0. The van der Waals surface area contributed by atoms with E-state index in [4.69, 9.17) is 11.6 Å². The molecular weight excluding hydrogens is 210 g/mol. The molecule has 0 unspecified atom stereocenters. The van der Waals surface area contributed by atoms with Gasteiger partial charge in [0.1, 0.15) is 5.15 Å². The van der Waals surface area contributed by atoms with Gasteiger partial charge < -0.3 is 5.32 Å². The first-order valence-corrected chi connectivity index (χ1v) is 5.95. The monoisotopic (exact) mass is 227 g/mol. The van der Waals surface area contributed by atoms with Gasteiger partial charge in [-0.25, -0.2) is 0 Å². The maximum atomic E-state index is 6.14. The van der Waals surface area contributed by atoms with Crippen molar-refractivity contribution in [2.75, 3.05) is 6.54 Å². The molecule has 0 aromatic carbocycles. The fourth-order valence-corrected chi connectivity index (χ4v) is 2.21. The minimum Gasteiger partial charge on any atom is -0.312 e. The smallest absolute Gasteiger partial charge is 0.131 e. The van der Waals surface area contributed by atoms with Crippen LogP contribution in [-0.4, -0.2) is 16.3 Å². The highest BCUT2D eigenvalue weighted by atomic mass is 35.5. The van der Waals surface area contributed by atoms with Gasteiger partial charge in [-0.05, 0) is 32.2 Å². The highest BCUT2D eigenvalue weighted by Gasteiger charge is 2.17. The van der Waals surface area contributed by atoms with Crippen LogP contribution in [0.2, 0.25) is 5.15 Å². The number of aromatic nitrogens is 2. The second-order valence-corrected chi connectivity index (χ2v) is 4.76. The average molecular weight is 228 g/mol. The molecule has 1 aromatic heterocycles. The number of hydrogen-bond acceptors (Lipinski definition) is 2. The van der Waals surface area contributed by atoms with E-state index in [2.05, 4.69) is 10.4 Å². The van der Waals surface area contributed by atoms with Crippen molar-refractivity contribution in [3.8, 4) is 0 Å². The number of nitrogens with zero attached hydrogens (tertiary/aromatic N) is 2. The van der Waals surface area contributed by atoms with Gasteiger partial charge in [0.05, 0.1) is 5.69 Å². The van der Waals surface area contributed by atoms with Gasteiger partial charge in [0, 0.05) is 19.2 Å². The summed E-state index contributed by atoms with van der Waals surface area (Å²) in [4.78, 5) is 0. The number of rotatable bonds is 4. The number of aryl methyl sites for hydroxylation is 2. The molecule has 84 valence electrons. The van der Waals surface area contributed by atoms with Gasteiger partial charge >= 0.3 is 0 Å². The lowest BCUT2D eigenvalue weighted by atomic mass is 9.85. The van der Waals surface area contributed by atoms with Gasteiger partial charge in [0.15, 0.2) is 0 Å². The standard InChI is InChI=1S/C11H18ClN3/c1-8-10(11(12)15(2)14-8)7-13-6-9-4-3-5-9/h9,13H,3-7H2,1-2H3. The topological polar surface area (TPSA) is 29.9 Å². The molecule has 0 spiro atoms. The molecule has 15 heavy (non-hydrogen) atoms. The molecule has 1 aromatic rings. The predicted octanol–water partition coefficient (Wildman–Crippen LogP) is 2.27. The minimum absolute atomic E-state index is 0.758. The quantitative estimate of drug-likeness (QED) is 0.856. The number of hydrogen-bond donors (Lipinski definition) is 1. The lowest BCUT2D eigenvalue weighted by Gasteiger charge is -2.25. The predicted molar refractivity (Wildman–Crippen MR) is 62.0 cm³/mol. The maximum Gasteiger partial charge on any atom is 0.131 e. The van der Waals surface area contributed by atoms with E-state index in [1.165, 1.54) is 19.3 Å². The highest BCUT2D eigenvalue weighted by molar-refractivity contribution is 6.30. The molecule has 0 saturated heterocycles. The van der Waals surface area contributed by atoms with E-state index in [0.717, 1.165) is 35.4 Å². The molecule has 4 heteroatoms. The average Bonchev–Trinajstić information content (AvgIpc) is 2.35. The third kappa shape index (κ3) is 2.34. The molecule has 0 bridgehead atoms. The molecule has 1 aliphatic carbocycles. The summed E-state index contributed by atoms with van der Waals surface area (Å²) in [5.41, 5.74) is 2.17. The summed E-state index contributed by atoms with van der Waals surface area (Å²) in [6.45, 7) is 3.96. The van der Waals surface area contributed by atoms with Gasteiger partial charge in [-0.3, -0.25) is 4.68 Å². The molecule has 2 rings (SSSR count). The Morgan fingerprint density at radius 1 is 1.53 bits per heavy atom. The van der Waals surface area contributed by atoms with Crippen LogP contribution < -0.4 is 5.32 Å². The molecule has 3 nitrogen and oxygen atoms in total. The van der Waals surface area contributed by atoms with Crippen LogP contribution in [0.1, 0.15) is 30.5 Å². The van der Waals surface area contributed by atoms with Crippen LogP contribution in [0.3, 0.4) is 0 Å². The first-order chi connectivity index (χ1) is 7.18. The van der Waals surface area contributed by atoms with Crippen molar-refractivity contribution in [2.24, 2.45) is 13.0 Å². The van der Waals surface area contributed by atoms with Crippen molar-refractivity contribution in [3.63, 3.8) is 0 Å². The summed E-state index contributed by atoms with van der Waals surface area (Å²) in [6.07, 6.45) is 4.17. The Kier molecular flexibility index (Phi) is 3.32. The lowest BCUT2D eigenvalue weighted by molar-refractivity contribution is 0.301. The largest absolute Gasteiger partial charge is 0.312 e. The molecule has 1 aliphatic rings. The van der Waals surface area contributed by atoms with E-state index in [1.54, 1.807) is 4.68 Å². The van der Waals surface area contributed by atoms with Gasteiger partial charge in [0.25, 0.3) is 0 Å². The third-order valence-corrected chi connectivity index (χ3v) is 3.70. The summed E-state index contributed by atoms with van der Waals surface area (Å²) in [5.74, 6) is 0.890. The molecule has 0 aliphatic heterocycles. The fraction of sp³-hybridized carbons (Fsp3) is 0.727. The van der Waals surface area contributed by atoms with Crippen LogP contribution in [0.5, 0.6) is 0 Å². The zero-order valence-electron chi connectivity index (χ0n) is 9.39. The molecule has 0 amide bonds. The maximum absolute atomic E-state index is 6.14. The SMILES string of the molecule is Cc1nn(C)c(Cl)c1CNCC1CCC1. The van der Waals surface area contributed by atoms with Crippen molar-refractivity contribution in [2.45, 2.75) is 32.7 Å². The molecule has 0 atom stereocenters. The molecule has 1 heterocycles. The summed E-state index contributed by atoms with van der Waals surface area (Å²) in [5, 5.41) is 8.51. The van der Waals surface area contributed by atoms with Crippen molar-refractivity contribution in [3.05, 3.63) is 16.4 Å². The summed E-state index contributed by atoms with van der Waals surface area (Å²) >= 11 is 6.14.